The van der Waals surface area contributed by atoms with Gasteiger partial charge < -0.3 is 10.2 Å². The van der Waals surface area contributed by atoms with Crippen LogP contribution in [0.3, 0.4) is 0 Å². The largest absolute Gasteiger partial charge is 0.335 e. The summed E-state index contributed by atoms with van der Waals surface area (Å²) in [6.07, 6.45) is 8.33. The van der Waals surface area contributed by atoms with Crippen LogP contribution >= 0.6 is 0 Å². The summed E-state index contributed by atoms with van der Waals surface area (Å²) in [5, 5.41) is 3.31. The fourth-order valence-electron chi connectivity index (χ4n) is 4.49. The number of carbonyl (C=O) groups is 1. The molecular weight excluding hydrogens is 248 g/mol. The number of likely N-dealkylation sites (tertiary alicyclic amines) is 1. The lowest BCUT2D eigenvalue weighted by Crippen LogP contribution is -2.50. The van der Waals surface area contributed by atoms with Crippen molar-refractivity contribution in [2.45, 2.75) is 78.7 Å². The van der Waals surface area contributed by atoms with Crippen LogP contribution in [0.1, 0.15) is 72.6 Å². The van der Waals surface area contributed by atoms with Crippen molar-refractivity contribution in [1.29, 1.82) is 0 Å². The van der Waals surface area contributed by atoms with E-state index in [1.165, 1.54) is 19.3 Å². The number of nitrogens with one attached hydrogen (secondary N) is 1. The molecule has 1 aliphatic carbocycles. The third-order valence-corrected chi connectivity index (χ3v) is 4.78. The second-order valence-electron chi connectivity index (χ2n) is 8.46. The minimum Gasteiger partial charge on any atom is -0.335 e. The van der Waals surface area contributed by atoms with E-state index >= 15 is 0 Å². The van der Waals surface area contributed by atoms with Crippen molar-refractivity contribution in [3.8, 4) is 0 Å². The van der Waals surface area contributed by atoms with Crippen LogP contribution in [0.15, 0.2) is 0 Å². The average molecular weight is 280 g/mol. The molecule has 1 N–H and O–H groups in total. The highest BCUT2D eigenvalue weighted by Gasteiger charge is 2.39. The zero-order valence-corrected chi connectivity index (χ0v) is 13.8. The van der Waals surface area contributed by atoms with Crippen LogP contribution in [0, 0.1) is 10.8 Å². The Morgan fingerprint density at radius 1 is 0.950 bits per heavy atom. The molecule has 0 spiro atoms. The Morgan fingerprint density at radius 3 is 1.95 bits per heavy atom. The van der Waals surface area contributed by atoms with Crippen LogP contribution < -0.4 is 5.32 Å². The van der Waals surface area contributed by atoms with Crippen molar-refractivity contribution in [3.63, 3.8) is 0 Å². The number of hydrogen-bond donors (Lipinski definition) is 1. The molecule has 1 saturated carbocycles. The molecule has 0 aromatic carbocycles. The van der Waals surface area contributed by atoms with Crippen molar-refractivity contribution < 1.29 is 4.79 Å². The summed E-state index contributed by atoms with van der Waals surface area (Å²) < 4.78 is 0. The summed E-state index contributed by atoms with van der Waals surface area (Å²) >= 11 is 0. The molecule has 0 atom stereocenters. The van der Waals surface area contributed by atoms with Crippen molar-refractivity contribution >= 4 is 6.03 Å². The van der Waals surface area contributed by atoms with E-state index in [1.807, 2.05) is 4.90 Å². The van der Waals surface area contributed by atoms with Gasteiger partial charge in [-0.3, -0.25) is 0 Å². The SMILES string of the molecule is CC1(C)CC(NC(=O)N2CCCCCC2)CC(C)(C)C1. The molecule has 116 valence electrons. The first-order chi connectivity index (χ1) is 9.27. The maximum Gasteiger partial charge on any atom is 0.317 e. The van der Waals surface area contributed by atoms with Crippen molar-refractivity contribution in [1.82, 2.24) is 10.2 Å². The molecule has 1 heterocycles. The maximum absolute atomic E-state index is 12.5. The van der Waals surface area contributed by atoms with E-state index in [0.29, 0.717) is 16.9 Å². The van der Waals surface area contributed by atoms with E-state index in [1.54, 1.807) is 0 Å². The van der Waals surface area contributed by atoms with Crippen LogP contribution in [-0.2, 0) is 0 Å². The van der Waals surface area contributed by atoms with E-state index in [-0.39, 0.29) is 6.03 Å². The molecule has 1 saturated heterocycles. The Kier molecular flexibility index (Phi) is 4.66. The number of hydrogen-bond acceptors (Lipinski definition) is 1. The number of amides is 2. The molecule has 3 nitrogen and oxygen atoms in total. The first-order valence-corrected chi connectivity index (χ1v) is 8.33. The van der Waals surface area contributed by atoms with E-state index in [9.17, 15) is 4.79 Å². The lowest BCUT2D eigenvalue weighted by atomic mass is 9.63. The molecule has 2 fully saturated rings. The number of nitrogens with zero attached hydrogens (tertiary/aromatic N) is 1. The highest BCUT2D eigenvalue weighted by Crippen LogP contribution is 2.45. The topological polar surface area (TPSA) is 32.3 Å². The minimum atomic E-state index is 0.172. The molecular formula is C17H32N2O. The Balaban J connectivity index is 1.92. The average Bonchev–Trinajstić information content (AvgIpc) is 2.52. The standard InChI is InChI=1S/C17H32N2O/c1-16(2)11-14(12-17(3,4)13-16)18-15(20)19-9-7-5-6-8-10-19/h14H,5-13H2,1-4H3,(H,18,20). The Hall–Kier alpha value is -0.730. The van der Waals surface area contributed by atoms with Gasteiger partial charge in [0.25, 0.3) is 0 Å². The van der Waals surface area contributed by atoms with Gasteiger partial charge in [-0.25, -0.2) is 4.79 Å². The zero-order chi connectivity index (χ0) is 14.8. The molecule has 2 amide bonds. The van der Waals surface area contributed by atoms with E-state index < -0.39 is 0 Å². The van der Waals surface area contributed by atoms with Crippen molar-refractivity contribution in [3.05, 3.63) is 0 Å². The number of carbonyl (C=O) groups excluding carboxylic acids is 1. The van der Waals surface area contributed by atoms with Crippen molar-refractivity contribution in [2.24, 2.45) is 10.8 Å². The lowest BCUT2D eigenvalue weighted by Gasteiger charge is -2.45. The minimum absolute atomic E-state index is 0.172. The van der Waals surface area contributed by atoms with Gasteiger partial charge in [0.05, 0.1) is 0 Å². The lowest BCUT2D eigenvalue weighted by molar-refractivity contribution is 0.0850. The Labute approximate surface area is 124 Å². The monoisotopic (exact) mass is 280 g/mol. The molecule has 1 aliphatic heterocycles. The van der Waals surface area contributed by atoms with Crippen molar-refractivity contribution in [2.75, 3.05) is 13.1 Å². The number of rotatable bonds is 1. The van der Waals surface area contributed by atoms with Gasteiger partial charge in [0.15, 0.2) is 0 Å². The normalized spacial score (nSPS) is 26.9. The van der Waals surface area contributed by atoms with Crippen LogP contribution in [0.2, 0.25) is 0 Å². The Morgan fingerprint density at radius 2 is 1.45 bits per heavy atom. The zero-order valence-electron chi connectivity index (χ0n) is 13.8. The van der Waals surface area contributed by atoms with Gasteiger partial charge in [-0.15, -0.1) is 0 Å². The van der Waals surface area contributed by atoms with Crippen LogP contribution in [0.4, 0.5) is 4.79 Å². The van der Waals surface area contributed by atoms with E-state index in [2.05, 4.69) is 33.0 Å². The summed E-state index contributed by atoms with van der Waals surface area (Å²) in [7, 11) is 0. The Bertz CT molecular complexity index is 325. The van der Waals surface area contributed by atoms with Crippen LogP contribution in [0.25, 0.3) is 0 Å². The third-order valence-electron chi connectivity index (χ3n) is 4.78. The van der Waals surface area contributed by atoms with Gasteiger partial charge in [0.1, 0.15) is 0 Å². The number of urea groups is 1. The van der Waals surface area contributed by atoms with Gasteiger partial charge in [-0.2, -0.15) is 0 Å². The van der Waals surface area contributed by atoms with Gasteiger partial charge in [0, 0.05) is 19.1 Å². The fourth-order valence-corrected chi connectivity index (χ4v) is 4.49. The third kappa shape index (κ3) is 4.39. The molecule has 0 bridgehead atoms. The van der Waals surface area contributed by atoms with E-state index in [0.717, 1.165) is 38.8 Å². The molecule has 2 rings (SSSR count). The van der Waals surface area contributed by atoms with E-state index in [4.69, 9.17) is 0 Å². The summed E-state index contributed by atoms with van der Waals surface area (Å²) in [5.74, 6) is 0. The smallest absolute Gasteiger partial charge is 0.317 e. The van der Waals surface area contributed by atoms with Gasteiger partial charge in [0.2, 0.25) is 0 Å². The predicted octanol–water partition coefficient (Wildman–Crippen LogP) is 4.18. The maximum atomic E-state index is 12.5. The first kappa shape index (κ1) is 15.7. The second kappa shape index (κ2) is 5.95. The highest BCUT2D eigenvalue weighted by atomic mass is 16.2. The molecule has 0 aromatic heterocycles. The summed E-state index contributed by atoms with van der Waals surface area (Å²) in [5.41, 5.74) is 0.664. The molecule has 20 heavy (non-hydrogen) atoms. The van der Waals surface area contributed by atoms with Gasteiger partial charge in [-0.1, -0.05) is 40.5 Å². The quantitative estimate of drug-likeness (QED) is 0.768. The molecule has 2 aliphatic rings. The first-order valence-electron chi connectivity index (χ1n) is 8.33. The summed E-state index contributed by atoms with van der Waals surface area (Å²) in [6.45, 7) is 11.2. The molecule has 0 radical (unpaired) electrons. The van der Waals surface area contributed by atoms with Crippen LogP contribution in [-0.4, -0.2) is 30.1 Å². The van der Waals surface area contributed by atoms with Crippen LogP contribution in [0.5, 0.6) is 0 Å². The predicted molar refractivity (Wildman–Crippen MR) is 83.8 cm³/mol. The fraction of sp³-hybridized carbons (Fsp3) is 0.941. The van der Waals surface area contributed by atoms with Gasteiger partial charge >= 0.3 is 6.03 Å². The summed E-state index contributed by atoms with van der Waals surface area (Å²) in [4.78, 5) is 14.5. The highest BCUT2D eigenvalue weighted by molar-refractivity contribution is 5.74. The molecule has 0 aromatic rings. The summed E-state index contributed by atoms with van der Waals surface area (Å²) in [6, 6.07) is 0.509. The van der Waals surface area contributed by atoms with Gasteiger partial charge in [-0.05, 0) is 42.9 Å². The molecule has 3 heteroatoms. The molecule has 0 unspecified atom stereocenters. The second-order valence-corrected chi connectivity index (χ2v) is 8.46.